The Morgan fingerprint density at radius 1 is 1.45 bits per heavy atom. The van der Waals surface area contributed by atoms with E-state index in [0.29, 0.717) is 10.6 Å². The Labute approximate surface area is 134 Å². The summed E-state index contributed by atoms with van der Waals surface area (Å²) in [7, 11) is 1.85. The van der Waals surface area contributed by atoms with E-state index in [1.165, 1.54) is 0 Å². The summed E-state index contributed by atoms with van der Waals surface area (Å²) in [5, 5.41) is 8.24. The summed E-state index contributed by atoms with van der Waals surface area (Å²) >= 11 is 6.22. The van der Waals surface area contributed by atoms with Gasteiger partial charge < -0.3 is 10.2 Å². The van der Waals surface area contributed by atoms with Gasteiger partial charge in [-0.2, -0.15) is 5.10 Å². The molecular formula is C16H19ClN4O. The Morgan fingerprint density at radius 2 is 2.23 bits per heavy atom. The average molecular weight is 319 g/mol. The number of carbonyl (C=O) groups excluding carboxylic acids is 1. The quantitative estimate of drug-likeness (QED) is 0.944. The van der Waals surface area contributed by atoms with Gasteiger partial charge in [-0.3, -0.25) is 4.79 Å². The van der Waals surface area contributed by atoms with Gasteiger partial charge >= 0.3 is 0 Å². The van der Waals surface area contributed by atoms with Crippen LogP contribution in [-0.2, 0) is 0 Å². The monoisotopic (exact) mass is 318 g/mol. The zero-order chi connectivity index (χ0) is 15.7. The van der Waals surface area contributed by atoms with Gasteiger partial charge in [0.2, 0.25) is 0 Å². The van der Waals surface area contributed by atoms with E-state index in [1.807, 2.05) is 38.2 Å². The Hall–Kier alpha value is -1.85. The van der Waals surface area contributed by atoms with E-state index in [-0.39, 0.29) is 11.9 Å². The molecule has 22 heavy (non-hydrogen) atoms. The number of likely N-dealkylation sites (N-methyl/N-ethyl adjacent to an activating group) is 1. The van der Waals surface area contributed by atoms with Crippen LogP contribution in [0.4, 0.5) is 0 Å². The first kappa shape index (κ1) is 15.1. The molecule has 0 bridgehead atoms. The lowest BCUT2D eigenvalue weighted by Gasteiger charge is -2.23. The van der Waals surface area contributed by atoms with E-state index < -0.39 is 0 Å². The molecule has 1 N–H and O–H groups in total. The second-order valence-corrected chi connectivity index (χ2v) is 5.98. The van der Waals surface area contributed by atoms with Gasteiger partial charge in [0.25, 0.3) is 5.91 Å². The van der Waals surface area contributed by atoms with Crippen LogP contribution < -0.4 is 5.32 Å². The van der Waals surface area contributed by atoms with Crippen molar-refractivity contribution in [2.45, 2.75) is 19.4 Å². The highest BCUT2D eigenvalue weighted by Gasteiger charge is 2.26. The maximum atomic E-state index is 12.7. The highest BCUT2D eigenvalue weighted by molar-refractivity contribution is 6.32. The van der Waals surface area contributed by atoms with Crippen molar-refractivity contribution in [1.29, 1.82) is 0 Å². The van der Waals surface area contributed by atoms with Gasteiger partial charge in [0.1, 0.15) is 0 Å². The van der Waals surface area contributed by atoms with Crippen LogP contribution in [0.25, 0.3) is 5.69 Å². The number of aromatic nitrogens is 2. The fourth-order valence-corrected chi connectivity index (χ4v) is 3.03. The molecule has 1 aromatic carbocycles. The minimum atomic E-state index is 0.00417. The molecule has 1 aliphatic rings. The molecule has 0 saturated carbocycles. The largest absolute Gasteiger partial charge is 0.337 e. The van der Waals surface area contributed by atoms with E-state index in [1.54, 1.807) is 15.8 Å². The van der Waals surface area contributed by atoms with Crippen molar-refractivity contribution in [3.8, 4) is 5.69 Å². The van der Waals surface area contributed by atoms with Gasteiger partial charge in [0.05, 0.1) is 28.2 Å². The number of nitrogens with one attached hydrogen (secondary N) is 1. The Bertz CT molecular complexity index is 691. The number of rotatable bonds is 3. The third-order valence-electron chi connectivity index (χ3n) is 4.22. The van der Waals surface area contributed by atoms with Crippen molar-refractivity contribution in [2.24, 2.45) is 0 Å². The zero-order valence-corrected chi connectivity index (χ0v) is 13.5. The standard InChI is InChI=1S/C16H19ClN4O/c1-11-13(16(22)20(2)12-7-8-18-9-12)10-19-21(11)15-6-4-3-5-14(15)17/h3-6,10,12,18H,7-9H2,1-2H3/t12-/m0/s1. The molecule has 1 aliphatic heterocycles. The van der Waals surface area contributed by atoms with Crippen LogP contribution in [0.5, 0.6) is 0 Å². The number of benzene rings is 1. The predicted octanol–water partition coefficient (Wildman–Crippen LogP) is 2.27. The molecule has 116 valence electrons. The molecule has 1 fully saturated rings. The number of hydrogen-bond acceptors (Lipinski definition) is 3. The molecule has 1 saturated heterocycles. The molecule has 3 rings (SSSR count). The maximum Gasteiger partial charge on any atom is 0.257 e. The van der Waals surface area contributed by atoms with Crippen molar-refractivity contribution in [3.63, 3.8) is 0 Å². The lowest BCUT2D eigenvalue weighted by molar-refractivity contribution is 0.0743. The van der Waals surface area contributed by atoms with Crippen LogP contribution in [0.15, 0.2) is 30.5 Å². The zero-order valence-electron chi connectivity index (χ0n) is 12.7. The molecule has 2 heterocycles. The summed E-state index contributed by atoms with van der Waals surface area (Å²) in [6, 6.07) is 7.73. The van der Waals surface area contributed by atoms with Crippen molar-refractivity contribution < 1.29 is 4.79 Å². The van der Waals surface area contributed by atoms with Crippen molar-refractivity contribution >= 4 is 17.5 Å². The average Bonchev–Trinajstić information content (AvgIpc) is 3.16. The Kier molecular flexibility index (Phi) is 4.18. The fourth-order valence-electron chi connectivity index (χ4n) is 2.81. The normalized spacial score (nSPS) is 17.7. The lowest BCUT2D eigenvalue weighted by atomic mass is 10.1. The number of halogens is 1. The van der Waals surface area contributed by atoms with E-state index in [9.17, 15) is 4.79 Å². The van der Waals surface area contributed by atoms with E-state index in [2.05, 4.69) is 10.4 Å². The van der Waals surface area contributed by atoms with Gasteiger partial charge in [0.15, 0.2) is 0 Å². The molecule has 0 spiro atoms. The summed E-state index contributed by atoms with van der Waals surface area (Å²) in [6.45, 7) is 3.70. The summed E-state index contributed by atoms with van der Waals surface area (Å²) < 4.78 is 1.72. The van der Waals surface area contributed by atoms with E-state index >= 15 is 0 Å². The summed E-state index contributed by atoms with van der Waals surface area (Å²) in [4.78, 5) is 14.5. The Balaban J connectivity index is 1.90. The van der Waals surface area contributed by atoms with Crippen LogP contribution in [0.3, 0.4) is 0 Å². The van der Waals surface area contributed by atoms with Gasteiger partial charge in [-0.15, -0.1) is 0 Å². The van der Waals surface area contributed by atoms with Crippen LogP contribution in [0.1, 0.15) is 22.5 Å². The number of nitrogens with zero attached hydrogens (tertiary/aromatic N) is 3. The molecule has 0 unspecified atom stereocenters. The summed E-state index contributed by atoms with van der Waals surface area (Å²) in [6.07, 6.45) is 2.61. The first-order chi connectivity index (χ1) is 10.6. The van der Waals surface area contributed by atoms with Crippen LogP contribution >= 0.6 is 11.6 Å². The molecule has 0 radical (unpaired) electrons. The van der Waals surface area contributed by atoms with E-state index in [0.717, 1.165) is 30.9 Å². The topological polar surface area (TPSA) is 50.2 Å². The fraction of sp³-hybridized carbons (Fsp3) is 0.375. The molecule has 0 aliphatic carbocycles. The molecule has 1 atom stereocenters. The van der Waals surface area contributed by atoms with Crippen molar-refractivity contribution in [3.05, 3.63) is 46.7 Å². The van der Waals surface area contributed by atoms with Gasteiger partial charge in [-0.25, -0.2) is 4.68 Å². The van der Waals surface area contributed by atoms with Crippen LogP contribution in [0, 0.1) is 6.92 Å². The van der Waals surface area contributed by atoms with Crippen LogP contribution in [-0.4, -0.2) is 46.8 Å². The first-order valence-corrected chi connectivity index (χ1v) is 7.75. The number of carbonyl (C=O) groups is 1. The van der Waals surface area contributed by atoms with Crippen LogP contribution in [0.2, 0.25) is 5.02 Å². The predicted molar refractivity (Wildman–Crippen MR) is 86.7 cm³/mol. The minimum absolute atomic E-state index is 0.00417. The molecular weight excluding hydrogens is 300 g/mol. The third-order valence-corrected chi connectivity index (χ3v) is 4.54. The smallest absolute Gasteiger partial charge is 0.257 e. The van der Waals surface area contributed by atoms with Gasteiger partial charge in [0, 0.05) is 19.6 Å². The molecule has 2 aromatic rings. The molecule has 6 heteroatoms. The summed E-state index contributed by atoms with van der Waals surface area (Å²) in [5.41, 5.74) is 2.20. The maximum absolute atomic E-state index is 12.7. The second-order valence-electron chi connectivity index (χ2n) is 5.57. The highest BCUT2D eigenvalue weighted by Crippen LogP contribution is 2.23. The molecule has 1 aromatic heterocycles. The third kappa shape index (κ3) is 2.62. The van der Waals surface area contributed by atoms with Crippen molar-refractivity contribution in [2.75, 3.05) is 20.1 Å². The van der Waals surface area contributed by atoms with Gasteiger partial charge in [-0.05, 0) is 32.0 Å². The van der Waals surface area contributed by atoms with Gasteiger partial charge in [-0.1, -0.05) is 23.7 Å². The molecule has 5 nitrogen and oxygen atoms in total. The Morgan fingerprint density at radius 3 is 2.91 bits per heavy atom. The number of hydrogen-bond donors (Lipinski definition) is 1. The number of para-hydroxylation sites is 1. The lowest BCUT2D eigenvalue weighted by Crippen LogP contribution is -2.38. The van der Waals surface area contributed by atoms with E-state index in [4.69, 9.17) is 11.6 Å². The van der Waals surface area contributed by atoms with Crippen molar-refractivity contribution in [1.82, 2.24) is 20.0 Å². The minimum Gasteiger partial charge on any atom is -0.337 e. The SMILES string of the molecule is Cc1c(C(=O)N(C)[C@H]2CCNC2)cnn1-c1ccccc1Cl. The molecule has 1 amide bonds. The number of amides is 1. The highest BCUT2D eigenvalue weighted by atomic mass is 35.5. The first-order valence-electron chi connectivity index (χ1n) is 7.37. The summed E-state index contributed by atoms with van der Waals surface area (Å²) in [5.74, 6) is 0.00417. The second kappa shape index (κ2) is 6.10.